The Hall–Kier alpha value is -2.61. The van der Waals surface area contributed by atoms with E-state index in [9.17, 15) is 4.79 Å². The summed E-state index contributed by atoms with van der Waals surface area (Å²) < 4.78 is 7.90. The molecule has 0 radical (unpaired) electrons. The minimum absolute atomic E-state index is 0.0474. The van der Waals surface area contributed by atoms with Crippen LogP contribution < -0.4 is 10.3 Å². The number of ether oxygens (including phenoxy) is 1. The summed E-state index contributed by atoms with van der Waals surface area (Å²) in [4.78, 5) is 20.5. The minimum atomic E-state index is -0.0474. The number of fused-ring (bicyclic) bond motifs is 2. The van der Waals surface area contributed by atoms with Gasteiger partial charge in [-0.3, -0.25) is 9.36 Å². The van der Waals surface area contributed by atoms with E-state index in [1.807, 2.05) is 54.7 Å². The Morgan fingerprint density at radius 1 is 1.15 bits per heavy atom. The smallest absolute Gasteiger partial charge is 0.261 e. The van der Waals surface area contributed by atoms with Crippen LogP contribution in [0.3, 0.4) is 0 Å². The molecule has 2 heterocycles. The Balaban J connectivity index is 1.81. The quantitative estimate of drug-likeness (QED) is 0.470. The number of aromatic amines is 1. The molecule has 2 aromatic heterocycles. The van der Waals surface area contributed by atoms with Gasteiger partial charge in [-0.15, -0.1) is 0 Å². The van der Waals surface area contributed by atoms with Crippen LogP contribution in [0.5, 0.6) is 5.75 Å². The van der Waals surface area contributed by atoms with Crippen molar-refractivity contribution in [2.75, 3.05) is 7.11 Å². The molecule has 0 unspecified atom stereocenters. The number of benzene rings is 2. The summed E-state index contributed by atoms with van der Waals surface area (Å²) in [5.41, 5.74) is 2.69. The average Bonchev–Trinajstić information content (AvgIpc) is 3.06. The Bertz CT molecular complexity index is 1220. The molecule has 5 nitrogen and oxygen atoms in total. The van der Waals surface area contributed by atoms with E-state index in [0.717, 1.165) is 25.8 Å². The van der Waals surface area contributed by atoms with E-state index in [-0.39, 0.29) is 5.56 Å². The molecular formula is C20H16IN3O2. The normalized spacial score (nSPS) is 11.7. The number of rotatable bonds is 3. The SMILES string of the molecule is COc1ccc2[nH]cc(C=Cc3nc4ccc(I)cc4c(=O)n3C)c2c1. The topological polar surface area (TPSA) is 59.9 Å². The van der Waals surface area contributed by atoms with Crippen LogP contribution >= 0.6 is 22.6 Å². The van der Waals surface area contributed by atoms with E-state index in [1.165, 1.54) is 0 Å². The van der Waals surface area contributed by atoms with Gasteiger partial charge in [-0.25, -0.2) is 4.98 Å². The molecule has 0 saturated heterocycles. The molecule has 0 bridgehead atoms. The van der Waals surface area contributed by atoms with Gasteiger partial charge in [-0.05, 0) is 71.1 Å². The van der Waals surface area contributed by atoms with Crippen molar-refractivity contribution in [3.63, 3.8) is 0 Å². The second kappa shape index (κ2) is 6.60. The van der Waals surface area contributed by atoms with Crippen LogP contribution in [0.4, 0.5) is 0 Å². The van der Waals surface area contributed by atoms with Crippen molar-refractivity contribution in [1.82, 2.24) is 14.5 Å². The minimum Gasteiger partial charge on any atom is -0.497 e. The van der Waals surface area contributed by atoms with Crippen molar-refractivity contribution in [1.29, 1.82) is 0 Å². The van der Waals surface area contributed by atoms with E-state index in [1.54, 1.807) is 18.7 Å². The maximum Gasteiger partial charge on any atom is 0.261 e. The van der Waals surface area contributed by atoms with Crippen LogP contribution in [0.15, 0.2) is 47.4 Å². The summed E-state index contributed by atoms with van der Waals surface area (Å²) in [7, 11) is 3.39. The molecule has 26 heavy (non-hydrogen) atoms. The van der Waals surface area contributed by atoms with Gasteiger partial charge >= 0.3 is 0 Å². The third kappa shape index (κ3) is 2.90. The van der Waals surface area contributed by atoms with Gasteiger partial charge in [0.1, 0.15) is 11.6 Å². The highest BCUT2D eigenvalue weighted by molar-refractivity contribution is 14.1. The lowest BCUT2D eigenvalue weighted by molar-refractivity contribution is 0.415. The molecule has 0 aliphatic rings. The van der Waals surface area contributed by atoms with Crippen LogP contribution in [-0.4, -0.2) is 21.6 Å². The predicted octanol–water partition coefficient (Wildman–Crippen LogP) is 4.20. The van der Waals surface area contributed by atoms with E-state index < -0.39 is 0 Å². The number of hydrogen-bond acceptors (Lipinski definition) is 3. The van der Waals surface area contributed by atoms with E-state index in [0.29, 0.717) is 16.7 Å². The number of nitrogens with one attached hydrogen (secondary N) is 1. The Labute approximate surface area is 163 Å². The summed E-state index contributed by atoms with van der Waals surface area (Å²) in [6.45, 7) is 0. The number of nitrogens with zero attached hydrogens (tertiary/aromatic N) is 2. The molecule has 0 spiro atoms. The lowest BCUT2D eigenvalue weighted by Crippen LogP contribution is -2.20. The fraction of sp³-hybridized carbons (Fsp3) is 0.100. The van der Waals surface area contributed by atoms with Gasteiger partial charge in [0.25, 0.3) is 5.56 Å². The molecule has 4 aromatic rings. The van der Waals surface area contributed by atoms with Crippen molar-refractivity contribution in [3.05, 3.63) is 67.9 Å². The first-order chi connectivity index (χ1) is 12.6. The summed E-state index contributed by atoms with van der Waals surface area (Å²) >= 11 is 2.20. The van der Waals surface area contributed by atoms with Crippen molar-refractivity contribution in [2.24, 2.45) is 7.05 Å². The summed E-state index contributed by atoms with van der Waals surface area (Å²) in [6, 6.07) is 11.6. The zero-order chi connectivity index (χ0) is 18.3. The molecule has 4 rings (SSSR count). The van der Waals surface area contributed by atoms with Gasteiger partial charge in [0.2, 0.25) is 0 Å². The first kappa shape index (κ1) is 16.8. The van der Waals surface area contributed by atoms with Gasteiger partial charge in [0.15, 0.2) is 0 Å². The van der Waals surface area contributed by atoms with Crippen LogP contribution in [0.2, 0.25) is 0 Å². The number of halogens is 1. The molecule has 0 aliphatic carbocycles. The van der Waals surface area contributed by atoms with E-state index >= 15 is 0 Å². The first-order valence-electron chi connectivity index (χ1n) is 8.06. The van der Waals surface area contributed by atoms with E-state index in [2.05, 4.69) is 32.6 Å². The lowest BCUT2D eigenvalue weighted by atomic mass is 10.1. The summed E-state index contributed by atoms with van der Waals surface area (Å²) in [5, 5.41) is 1.69. The Morgan fingerprint density at radius 3 is 2.81 bits per heavy atom. The highest BCUT2D eigenvalue weighted by atomic mass is 127. The third-order valence-electron chi connectivity index (χ3n) is 4.41. The monoisotopic (exact) mass is 457 g/mol. The number of aromatic nitrogens is 3. The maximum atomic E-state index is 12.6. The summed E-state index contributed by atoms with van der Waals surface area (Å²) in [6.07, 6.45) is 5.75. The van der Waals surface area contributed by atoms with Crippen molar-refractivity contribution in [3.8, 4) is 5.75 Å². The molecule has 1 N–H and O–H groups in total. The number of hydrogen-bond donors (Lipinski definition) is 1. The molecule has 6 heteroatoms. The fourth-order valence-electron chi connectivity index (χ4n) is 2.96. The molecule has 0 aliphatic heterocycles. The van der Waals surface area contributed by atoms with E-state index in [4.69, 9.17) is 4.74 Å². The first-order valence-corrected chi connectivity index (χ1v) is 9.14. The van der Waals surface area contributed by atoms with Crippen LogP contribution in [0.1, 0.15) is 11.4 Å². The van der Waals surface area contributed by atoms with Crippen molar-refractivity contribution >= 4 is 56.5 Å². The lowest BCUT2D eigenvalue weighted by Gasteiger charge is -2.06. The van der Waals surface area contributed by atoms with Gasteiger partial charge < -0.3 is 9.72 Å². The molecule has 0 fully saturated rings. The largest absolute Gasteiger partial charge is 0.497 e. The van der Waals surface area contributed by atoms with Gasteiger partial charge in [0, 0.05) is 33.3 Å². The molecule has 0 amide bonds. The maximum absolute atomic E-state index is 12.6. The molecular weight excluding hydrogens is 441 g/mol. The molecule has 130 valence electrons. The third-order valence-corrected chi connectivity index (χ3v) is 5.08. The van der Waals surface area contributed by atoms with Crippen molar-refractivity contribution < 1.29 is 4.74 Å². The Morgan fingerprint density at radius 2 is 2.00 bits per heavy atom. The fourth-order valence-corrected chi connectivity index (χ4v) is 3.45. The zero-order valence-electron chi connectivity index (χ0n) is 14.3. The predicted molar refractivity (Wildman–Crippen MR) is 113 cm³/mol. The average molecular weight is 457 g/mol. The highest BCUT2D eigenvalue weighted by Crippen LogP contribution is 2.25. The standard InChI is InChI=1S/C20H16IN3O2/c1-24-19(23-18-6-4-13(21)9-16(18)20(24)25)8-3-12-11-22-17-7-5-14(26-2)10-15(12)17/h3-11,22H,1-2H3. The van der Waals surface area contributed by atoms with Crippen LogP contribution in [-0.2, 0) is 7.05 Å². The second-order valence-corrected chi connectivity index (χ2v) is 7.23. The van der Waals surface area contributed by atoms with Gasteiger partial charge in [-0.1, -0.05) is 0 Å². The van der Waals surface area contributed by atoms with Crippen LogP contribution in [0.25, 0.3) is 34.0 Å². The number of H-pyrrole nitrogens is 1. The summed E-state index contributed by atoms with van der Waals surface area (Å²) in [5.74, 6) is 1.42. The molecule has 2 aromatic carbocycles. The van der Waals surface area contributed by atoms with Crippen LogP contribution in [0, 0.1) is 3.57 Å². The zero-order valence-corrected chi connectivity index (χ0v) is 16.4. The number of methoxy groups -OCH3 is 1. The molecule has 0 atom stereocenters. The van der Waals surface area contributed by atoms with Gasteiger partial charge in [-0.2, -0.15) is 0 Å². The van der Waals surface area contributed by atoms with Crippen molar-refractivity contribution in [2.45, 2.75) is 0 Å². The highest BCUT2D eigenvalue weighted by Gasteiger charge is 2.07. The Kier molecular flexibility index (Phi) is 4.28. The molecule has 0 saturated carbocycles. The second-order valence-electron chi connectivity index (χ2n) is 5.98. The van der Waals surface area contributed by atoms with Gasteiger partial charge in [0.05, 0.1) is 18.0 Å².